The topological polar surface area (TPSA) is 235 Å². The summed E-state index contributed by atoms with van der Waals surface area (Å²) in [5.74, 6) is -9.61. The van der Waals surface area contributed by atoms with Crippen LogP contribution in [0.3, 0.4) is 0 Å². The predicted molar refractivity (Wildman–Crippen MR) is 332 cm³/mol. The van der Waals surface area contributed by atoms with Gasteiger partial charge in [0.1, 0.15) is 42.3 Å². The van der Waals surface area contributed by atoms with Gasteiger partial charge in [-0.3, -0.25) is 38.4 Å². The van der Waals surface area contributed by atoms with Gasteiger partial charge in [0.15, 0.2) is 12.1 Å². The highest BCUT2D eigenvalue weighted by molar-refractivity contribution is 5.99. The van der Waals surface area contributed by atoms with Crippen molar-refractivity contribution in [2.24, 2.45) is 29.6 Å². The second-order valence-corrected chi connectivity index (χ2v) is 26.0. The van der Waals surface area contributed by atoms with Crippen molar-refractivity contribution in [3.8, 4) is 11.1 Å². The first-order valence-electron chi connectivity index (χ1n) is 31.1. The van der Waals surface area contributed by atoms with Gasteiger partial charge >= 0.3 is 12.1 Å². The second-order valence-electron chi connectivity index (χ2n) is 26.0. The van der Waals surface area contributed by atoms with Crippen molar-refractivity contribution < 1.29 is 66.2 Å². The molecule has 11 atom stereocenters. The summed E-state index contributed by atoms with van der Waals surface area (Å²) in [5.41, 5.74) is -0.797. The molecule has 0 spiro atoms. The van der Waals surface area contributed by atoms with E-state index in [1.54, 1.807) is 103 Å². The van der Waals surface area contributed by atoms with Crippen molar-refractivity contribution in [3.05, 3.63) is 95.6 Å². The van der Waals surface area contributed by atoms with E-state index < -0.39 is 149 Å². The van der Waals surface area contributed by atoms with Crippen LogP contribution in [0.5, 0.6) is 0 Å². The first-order chi connectivity index (χ1) is 41.5. The molecule has 89 heavy (non-hydrogen) atoms. The van der Waals surface area contributed by atoms with Crippen LogP contribution in [0.2, 0.25) is 0 Å². The number of nitrogens with one attached hydrogen (secondary N) is 3. The Labute approximate surface area is 523 Å². The van der Waals surface area contributed by atoms with Crippen LogP contribution in [0.25, 0.3) is 11.1 Å². The Hall–Kier alpha value is -7.36. The molecule has 2 saturated heterocycles. The maximum Gasteiger partial charge on any atom is 0.416 e. The highest BCUT2D eigenvalue weighted by atomic mass is 19.4. The largest absolute Gasteiger partial charge is 0.450 e. The molecule has 3 aromatic rings. The van der Waals surface area contributed by atoms with Crippen LogP contribution in [0.4, 0.5) is 13.2 Å². The number of hydrogen-bond donors (Lipinski definition) is 4. The third kappa shape index (κ3) is 18.0. The van der Waals surface area contributed by atoms with Crippen molar-refractivity contribution >= 4 is 53.2 Å². The lowest BCUT2D eigenvalue weighted by Crippen LogP contribution is -2.63. The van der Waals surface area contributed by atoms with E-state index in [2.05, 4.69) is 16.0 Å². The van der Waals surface area contributed by atoms with Gasteiger partial charge in [-0.25, -0.2) is 4.79 Å². The van der Waals surface area contributed by atoms with Crippen LogP contribution in [0.1, 0.15) is 132 Å². The van der Waals surface area contributed by atoms with E-state index in [1.165, 1.54) is 68.9 Å². The number of esters is 1. The van der Waals surface area contributed by atoms with Crippen LogP contribution >= 0.6 is 0 Å². The quantitative estimate of drug-likeness (QED) is 0.119. The number of hydrogen-bond acceptors (Lipinski definition) is 11. The number of rotatable bonds is 14. The van der Waals surface area contributed by atoms with Crippen LogP contribution in [-0.4, -0.2) is 178 Å². The Morgan fingerprint density at radius 3 is 1.65 bits per heavy atom. The lowest BCUT2D eigenvalue weighted by molar-refractivity contribution is -0.177. The third-order valence-corrected chi connectivity index (χ3v) is 17.4. The van der Waals surface area contributed by atoms with Crippen molar-refractivity contribution in [1.82, 2.24) is 40.4 Å². The van der Waals surface area contributed by atoms with E-state index in [4.69, 9.17) is 4.74 Å². The number of nitrogens with zero attached hydrogens (tertiary/aromatic N) is 5. The number of alkyl halides is 3. The van der Waals surface area contributed by atoms with Crippen LogP contribution in [0.15, 0.2) is 78.9 Å². The highest BCUT2D eigenvalue weighted by Gasteiger charge is 2.48. The average molecular weight is 1250 g/mol. The molecule has 2 unspecified atom stereocenters. The molecule has 3 aromatic carbocycles. The number of carbonyl (C=O) groups is 9. The van der Waals surface area contributed by atoms with Gasteiger partial charge in [-0.15, -0.1) is 0 Å². The third-order valence-electron chi connectivity index (χ3n) is 17.4. The minimum atomic E-state index is -4.58. The zero-order chi connectivity index (χ0) is 66.7. The Morgan fingerprint density at radius 1 is 0.584 bits per heavy atom. The SMILES string of the molecule is CC[C@H](C)[C@@H]1NC(=O)[C@@H]2CCCN2C(=O)[C@H](Cc2cccc(-c3ccc(C(F)(F)F)cc3)c2)N(C)C(=O)[C@H](Cc2ccccc2)NC(=O)C(C(C)C)N(C)C(=O)[C@@H]([C@@H](C)CC)OC(=O)[C@H](C(C)(C)O)N(C)C(=O)[C@H](CC(C)C)NC(=O)C(C(C)C)N(C)C1=O. The summed E-state index contributed by atoms with van der Waals surface area (Å²) in [4.78, 5) is 142. The Bertz CT molecular complexity index is 2970. The van der Waals surface area contributed by atoms with Crippen molar-refractivity contribution in [2.75, 3.05) is 34.7 Å². The molecule has 2 heterocycles. The molecule has 0 aromatic heterocycles. The first kappa shape index (κ1) is 72.4. The molecule has 4 N–H and O–H groups in total. The molecule has 19 nitrogen and oxygen atoms in total. The molecule has 0 saturated carbocycles. The van der Waals surface area contributed by atoms with Crippen LogP contribution < -0.4 is 16.0 Å². The van der Waals surface area contributed by atoms with Gasteiger partial charge in [-0.2, -0.15) is 13.2 Å². The van der Waals surface area contributed by atoms with E-state index >= 15 is 24.0 Å². The molecule has 2 fully saturated rings. The predicted octanol–water partition coefficient (Wildman–Crippen LogP) is 7.06. The summed E-state index contributed by atoms with van der Waals surface area (Å²) in [7, 11) is 5.48. The van der Waals surface area contributed by atoms with Gasteiger partial charge in [0.25, 0.3) is 5.91 Å². The van der Waals surface area contributed by atoms with Gasteiger partial charge in [0, 0.05) is 53.5 Å². The van der Waals surface area contributed by atoms with E-state index in [0.29, 0.717) is 35.1 Å². The minimum Gasteiger partial charge on any atom is -0.450 e. The molecule has 0 radical (unpaired) electrons. The van der Waals surface area contributed by atoms with Crippen molar-refractivity contribution in [3.63, 3.8) is 0 Å². The number of benzene rings is 3. The molecule has 0 aliphatic carbocycles. The number of cyclic esters (lactones) is 1. The van der Waals surface area contributed by atoms with E-state index in [1.807, 2.05) is 20.8 Å². The summed E-state index contributed by atoms with van der Waals surface area (Å²) in [6.07, 6.45) is -5.21. The smallest absolute Gasteiger partial charge is 0.416 e. The second kappa shape index (κ2) is 30.9. The molecule has 0 bridgehead atoms. The Morgan fingerprint density at radius 2 is 1.12 bits per heavy atom. The zero-order valence-electron chi connectivity index (χ0n) is 54.6. The fourth-order valence-electron chi connectivity index (χ4n) is 12.1. The number of amides is 8. The number of likely N-dealkylation sites (N-methyl/N-ethyl adjacent to an activating group) is 4. The standard InChI is InChI=1S/C67H95F3N8O11/c1-17-41(9)52-63(85)75(14)53(39(5)6)58(80)71-48(34-38(3)4)61(83)77(16)56(66(11,12)88)65(87)89-55(42(10)18-2)64(86)76(15)54(40(7)8)59(81)72-49(36-43-24-20-19-21-25-43)60(82)74(13)51(62(84)78-33-23-28-50(78)57(79)73-52)37-44-26-22-27-46(35-44)45-29-31-47(32-30-45)67(68,69)70/h19-22,24-27,29-32,35,38-42,48-56,88H,17-18,23,28,33-34,36-37H2,1-16H3,(H,71,80)(H,72,81)(H,73,79)/t41-,42-,48-,49-,50-,51-,52-,53?,54?,55+,56+/m0/s1. The summed E-state index contributed by atoms with van der Waals surface area (Å²) in [6.45, 7) is 20.1. The van der Waals surface area contributed by atoms with Crippen molar-refractivity contribution in [2.45, 2.75) is 194 Å². The van der Waals surface area contributed by atoms with Gasteiger partial charge in [0.2, 0.25) is 41.4 Å². The zero-order valence-corrected chi connectivity index (χ0v) is 54.6. The monoisotopic (exact) mass is 1240 g/mol. The molecule has 2 aliphatic rings. The fourth-order valence-corrected chi connectivity index (χ4v) is 12.1. The number of halogens is 3. The fraction of sp³-hybridized carbons (Fsp3) is 0.597. The first-order valence-corrected chi connectivity index (χ1v) is 31.1. The van der Waals surface area contributed by atoms with Gasteiger partial charge in [0.05, 0.1) is 11.2 Å². The molecular weight excluding hydrogens is 1150 g/mol. The summed E-state index contributed by atoms with van der Waals surface area (Å²) in [5, 5.41) is 20.4. The number of ether oxygens (including phenoxy) is 1. The van der Waals surface area contributed by atoms with E-state index in [-0.39, 0.29) is 44.6 Å². The van der Waals surface area contributed by atoms with Gasteiger partial charge in [-0.05, 0) is 97.6 Å². The number of fused-ring (bicyclic) bond motifs is 1. The summed E-state index contributed by atoms with van der Waals surface area (Å²) >= 11 is 0. The summed E-state index contributed by atoms with van der Waals surface area (Å²) < 4.78 is 47.1. The van der Waals surface area contributed by atoms with E-state index in [9.17, 15) is 37.5 Å². The molecule has 490 valence electrons. The molecule has 5 rings (SSSR count). The van der Waals surface area contributed by atoms with Crippen LogP contribution in [0, 0.1) is 29.6 Å². The van der Waals surface area contributed by atoms with Gasteiger partial charge < -0.3 is 50.3 Å². The maximum atomic E-state index is 15.7. The number of aliphatic hydroxyl groups is 1. The Balaban J connectivity index is 1.73. The lowest BCUT2D eigenvalue weighted by Gasteiger charge is -2.39. The van der Waals surface area contributed by atoms with Crippen molar-refractivity contribution in [1.29, 1.82) is 0 Å². The minimum absolute atomic E-state index is 0.0498. The normalized spacial score (nSPS) is 25.0. The molecule has 2 aliphatic heterocycles. The lowest BCUT2D eigenvalue weighted by atomic mass is 9.93. The molecule has 8 amide bonds. The number of carbonyl (C=O) groups excluding carboxylic acids is 9. The maximum absolute atomic E-state index is 15.7. The Kier molecular flexibility index (Phi) is 25.1. The van der Waals surface area contributed by atoms with E-state index in [0.717, 1.165) is 21.9 Å². The highest BCUT2D eigenvalue weighted by Crippen LogP contribution is 2.33. The average Bonchev–Trinajstić information content (AvgIpc) is 3.49. The van der Waals surface area contributed by atoms with Crippen LogP contribution in [-0.2, 0) is 66.9 Å². The molecule has 22 heteroatoms. The summed E-state index contributed by atoms with van der Waals surface area (Å²) in [6, 6.07) is 9.31. The molecular formula is C67H95F3N8O11. The van der Waals surface area contributed by atoms with Gasteiger partial charge in [-0.1, -0.05) is 142 Å².